The maximum Gasteiger partial charge on any atom is 0.446 e. The Morgan fingerprint density at radius 3 is 2.45 bits per heavy atom. The molecule has 2 aliphatic rings. The number of nitrogens with zero attached hydrogens (tertiary/aromatic N) is 3. The molecule has 1 aliphatic heterocycles. The first-order valence-electron chi connectivity index (χ1n) is 9.33. The summed E-state index contributed by atoms with van der Waals surface area (Å²) in [6.45, 7) is 0.0361. The molecule has 31 heavy (non-hydrogen) atoms. The second-order valence-electron chi connectivity index (χ2n) is 7.19. The highest BCUT2D eigenvalue weighted by Crippen LogP contribution is 2.50. The number of anilines is 1. The zero-order chi connectivity index (χ0) is 22.4. The van der Waals surface area contributed by atoms with Gasteiger partial charge in [0.25, 0.3) is 11.8 Å². The molecule has 2 heterocycles. The second-order valence-corrected chi connectivity index (χ2v) is 8.33. The Balaban J connectivity index is 1.61. The number of hydrogen-bond donors (Lipinski definition) is 1. The van der Waals surface area contributed by atoms with Crippen molar-refractivity contribution in [3.63, 3.8) is 0 Å². The van der Waals surface area contributed by atoms with Crippen molar-refractivity contribution >= 4 is 35.3 Å². The van der Waals surface area contributed by atoms with Gasteiger partial charge in [0.2, 0.25) is 0 Å². The summed E-state index contributed by atoms with van der Waals surface area (Å²) in [7, 11) is 1.48. The number of amides is 4. The molecule has 2 fully saturated rings. The van der Waals surface area contributed by atoms with E-state index in [0.717, 1.165) is 4.90 Å². The number of alkyl halides is 3. The molecular weight excluding hydrogens is 433 g/mol. The predicted molar refractivity (Wildman–Crippen MR) is 106 cm³/mol. The Kier molecular flexibility index (Phi) is 5.16. The summed E-state index contributed by atoms with van der Waals surface area (Å²) in [5, 5.41) is 2.52. The van der Waals surface area contributed by atoms with Gasteiger partial charge in [0.1, 0.15) is 5.54 Å². The first-order chi connectivity index (χ1) is 14.7. The Morgan fingerprint density at radius 1 is 1.19 bits per heavy atom. The number of nitrogens with one attached hydrogen (secondary N) is 1. The monoisotopic (exact) mass is 450 g/mol. The molecule has 7 nitrogen and oxygen atoms in total. The molecule has 1 spiro atoms. The van der Waals surface area contributed by atoms with E-state index in [2.05, 4.69) is 10.3 Å². The van der Waals surface area contributed by atoms with Crippen LogP contribution in [0, 0.1) is 0 Å². The third-order valence-corrected chi connectivity index (χ3v) is 6.04. The molecule has 1 aliphatic carbocycles. The molecule has 2 aromatic rings. The van der Waals surface area contributed by atoms with E-state index >= 15 is 0 Å². The van der Waals surface area contributed by atoms with Gasteiger partial charge < -0.3 is 10.2 Å². The number of imide groups is 1. The number of aromatic nitrogens is 1. The van der Waals surface area contributed by atoms with E-state index in [1.54, 1.807) is 6.07 Å². The van der Waals surface area contributed by atoms with Crippen LogP contribution in [0.2, 0.25) is 0 Å². The number of rotatable bonds is 5. The molecule has 0 atom stereocenters. The van der Waals surface area contributed by atoms with E-state index in [-0.39, 0.29) is 34.8 Å². The number of hydrogen-bond acceptors (Lipinski definition) is 5. The highest BCUT2D eigenvalue weighted by molar-refractivity contribution is 8.00. The van der Waals surface area contributed by atoms with Gasteiger partial charge in [-0.15, -0.1) is 0 Å². The van der Waals surface area contributed by atoms with Gasteiger partial charge in [-0.25, -0.2) is 9.69 Å². The number of carbonyl (C=O) groups is 3. The average molecular weight is 450 g/mol. The maximum absolute atomic E-state index is 13.2. The maximum atomic E-state index is 13.2. The van der Waals surface area contributed by atoms with Crippen molar-refractivity contribution in [1.82, 2.24) is 15.2 Å². The molecule has 0 unspecified atom stereocenters. The van der Waals surface area contributed by atoms with Crippen molar-refractivity contribution in [1.29, 1.82) is 0 Å². The molecule has 4 amide bonds. The highest BCUT2D eigenvalue weighted by atomic mass is 32.2. The van der Waals surface area contributed by atoms with E-state index in [9.17, 15) is 27.6 Å². The minimum Gasteiger partial charge on any atom is -0.355 e. The second kappa shape index (κ2) is 7.56. The van der Waals surface area contributed by atoms with Gasteiger partial charge in [-0.3, -0.25) is 14.6 Å². The fraction of sp³-hybridized carbons (Fsp3) is 0.300. The molecule has 162 valence electrons. The van der Waals surface area contributed by atoms with Crippen molar-refractivity contribution in [2.45, 2.75) is 35.3 Å². The van der Waals surface area contributed by atoms with Crippen LogP contribution in [0.4, 0.5) is 23.7 Å². The van der Waals surface area contributed by atoms with Crippen LogP contribution in [0.3, 0.4) is 0 Å². The quantitative estimate of drug-likeness (QED) is 0.557. The van der Waals surface area contributed by atoms with Crippen LogP contribution in [0.25, 0.3) is 0 Å². The third-order valence-electron chi connectivity index (χ3n) is 5.30. The van der Waals surface area contributed by atoms with Crippen molar-refractivity contribution in [2.75, 3.05) is 11.9 Å². The number of thioether (sulfide) groups is 1. The number of urea groups is 1. The highest BCUT2D eigenvalue weighted by Gasteiger charge is 2.65. The summed E-state index contributed by atoms with van der Waals surface area (Å²) in [6, 6.07) is 6.14. The number of halogens is 3. The summed E-state index contributed by atoms with van der Waals surface area (Å²) < 4.78 is 37.7. The van der Waals surface area contributed by atoms with Crippen LogP contribution in [0.5, 0.6) is 0 Å². The molecule has 0 bridgehead atoms. The molecule has 4 rings (SSSR count). The van der Waals surface area contributed by atoms with Gasteiger partial charge in [0.05, 0.1) is 11.3 Å². The summed E-state index contributed by atoms with van der Waals surface area (Å²) >= 11 is -0.268. The summed E-state index contributed by atoms with van der Waals surface area (Å²) in [5.41, 5.74) is -4.37. The minimum atomic E-state index is -4.43. The van der Waals surface area contributed by atoms with Gasteiger partial charge in [0.15, 0.2) is 0 Å². The lowest BCUT2D eigenvalue weighted by Gasteiger charge is -2.22. The van der Waals surface area contributed by atoms with E-state index in [1.165, 1.54) is 48.6 Å². The molecule has 1 aromatic heterocycles. The molecule has 11 heteroatoms. The Labute approximate surface area is 179 Å². The first kappa shape index (κ1) is 21.2. The number of carbonyl (C=O) groups excluding carboxylic acids is 3. The number of pyridine rings is 1. The van der Waals surface area contributed by atoms with E-state index in [0.29, 0.717) is 24.0 Å². The third kappa shape index (κ3) is 3.85. The topological polar surface area (TPSA) is 82.6 Å². The smallest absolute Gasteiger partial charge is 0.355 e. The lowest BCUT2D eigenvalue weighted by atomic mass is 10.1. The van der Waals surface area contributed by atoms with Crippen molar-refractivity contribution in [3.05, 3.63) is 53.9 Å². The van der Waals surface area contributed by atoms with Crippen LogP contribution in [-0.2, 0) is 11.3 Å². The summed E-state index contributed by atoms with van der Waals surface area (Å²) in [4.78, 5) is 44.7. The van der Waals surface area contributed by atoms with Gasteiger partial charge in [-0.2, -0.15) is 13.2 Å². The lowest BCUT2D eigenvalue weighted by Crippen LogP contribution is -2.37. The Morgan fingerprint density at radius 2 is 1.87 bits per heavy atom. The predicted octanol–water partition coefficient (Wildman–Crippen LogP) is 3.55. The zero-order valence-electron chi connectivity index (χ0n) is 16.3. The normalized spacial score (nSPS) is 17.4. The fourth-order valence-electron chi connectivity index (χ4n) is 3.63. The van der Waals surface area contributed by atoms with Gasteiger partial charge in [-0.05, 0) is 60.5 Å². The Bertz CT molecular complexity index is 1050. The van der Waals surface area contributed by atoms with Gasteiger partial charge in [-0.1, -0.05) is 0 Å². The van der Waals surface area contributed by atoms with Crippen LogP contribution in [0.15, 0.2) is 47.6 Å². The van der Waals surface area contributed by atoms with Crippen LogP contribution in [-0.4, -0.2) is 45.8 Å². The van der Waals surface area contributed by atoms with Crippen molar-refractivity contribution in [3.8, 4) is 0 Å². The van der Waals surface area contributed by atoms with Gasteiger partial charge in [0, 0.05) is 30.9 Å². The van der Waals surface area contributed by atoms with E-state index < -0.39 is 23.0 Å². The molecule has 1 N–H and O–H groups in total. The average Bonchev–Trinajstić information content (AvgIpc) is 3.50. The molecule has 1 saturated carbocycles. The minimum absolute atomic E-state index is 0.0361. The molecule has 1 saturated heterocycles. The summed E-state index contributed by atoms with van der Waals surface area (Å²) in [6.07, 6.45) is 3.86. The zero-order valence-corrected chi connectivity index (χ0v) is 17.1. The lowest BCUT2D eigenvalue weighted by molar-refractivity contribution is -0.120. The first-order valence-corrected chi connectivity index (χ1v) is 10.1. The number of benzene rings is 1. The van der Waals surface area contributed by atoms with Crippen LogP contribution < -0.4 is 10.2 Å². The van der Waals surface area contributed by atoms with E-state index in [4.69, 9.17) is 0 Å². The van der Waals surface area contributed by atoms with Crippen molar-refractivity contribution < 1.29 is 27.6 Å². The van der Waals surface area contributed by atoms with Crippen LogP contribution in [0.1, 0.15) is 28.8 Å². The molecular formula is C20H17F3N4O3S. The standard InChI is InChI=1S/C20H17F3N4O3S/c1-24-16(28)15-10-25-9-6-12(15)11-26-18(30)27(17(29)19(26)7-8-19)13-2-4-14(5-3-13)31-20(21,22)23/h2-6,9-10H,7-8,11H2,1H3,(H,24,28). The van der Waals surface area contributed by atoms with Gasteiger partial charge >= 0.3 is 11.5 Å². The Hall–Kier alpha value is -3.08. The van der Waals surface area contributed by atoms with Crippen molar-refractivity contribution in [2.24, 2.45) is 0 Å². The van der Waals surface area contributed by atoms with Crippen LogP contribution >= 0.6 is 11.8 Å². The van der Waals surface area contributed by atoms with E-state index in [1.807, 2.05) is 0 Å². The molecule has 1 aromatic carbocycles. The largest absolute Gasteiger partial charge is 0.446 e. The molecule has 0 radical (unpaired) electrons. The fourth-order valence-corrected chi connectivity index (χ4v) is 4.17. The summed E-state index contributed by atoms with van der Waals surface area (Å²) in [5.74, 6) is -0.773. The SMILES string of the molecule is CNC(=O)c1cnccc1CN1C(=O)N(c2ccc(SC(F)(F)F)cc2)C(=O)C12CC2.